The molecule has 0 radical (unpaired) electrons. The van der Waals surface area contributed by atoms with Crippen molar-refractivity contribution in [2.75, 3.05) is 0 Å². The van der Waals surface area contributed by atoms with Crippen LogP contribution in [0.25, 0.3) is 10.8 Å². The van der Waals surface area contributed by atoms with E-state index in [-0.39, 0.29) is 5.91 Å². The van der Waals surface area contributed by atoms with Crippen molar-refractivity contribution in [2.24, 2.45) is 10.7 Å². The molecule has 1 aliphatic rings. The maximum atomic E-state index is 11.6. The number of nitrogens with two attached hydrogens (primary N) is 1. The van der Waals surface area contributed by atoms with Crippen LogP contribution in [0.5, 0.6) is 0 Å². The molecule has 0 aromatic heterocycles. The summed E-state index contributed by atoms with van der Waals surface area (Å²) in [5.41, 5.74) is 7.21. The summed E-state index contributed by atoms with van der Waals surface area (Å²) in [5, 5.41) is 1.94. The minimum absolute atomic E-state index is 0.253. The van der Waals surface area contributed by atoms with E-state index >= 15 is 0 Å². The van der Waals surface area contributed by atoms with Gasteiger partial charge in [-0.1, -0.05) is 83.7 Å². The topological polar surface area (TPSA) is 55.4 Å². The molecule has 2 aromatic carbocycles. The van der Waals surface area contributed by atoms with Gasteiger partial charge >= 0.3 is 0 Å². The van der Waals surface area contributed by atoms with E-state index in [1.807, 2.05) is 30.3 Å². The van der Waals surface area contributed by atoms with Crippen molar-refractivity contribution in [1.82, 2.24) is 0 Å². The van der Waals surface area contributed by atoms with E-state index in [9.17, 15) is 4.79 Å². The van der Waals surface area contributed by atoms with Gasteiger partial charge in [-0.15, -0.1) is 0 Å². The van der Waals surface area contributed by atoms with Gasteiger partial charge in [0.15, 0.2) is 0 Å². The number of nitrogens with zero attached hydrogens (tertiary/aromatic N) is 1. The van der Waals surface area contributed by atoms with Crippen molar-refractivity contribution in [3.8, 4) is 0 Å². The van der Waals surface area contributed by atoms with E-state index in [2.05, 4.69) is 32.7 Å². The molecule has 23 heavy (non-hydrogen) atoms. The van der Waals surface area contributed by atoms with Crippen molar-refractivity contribution in [3.63, 3.8) is 0 Å². The van der Waals surface area contributed by atoms with Crippen LogP contribution in [0, 0.1) is 0 Å². The molecule has 3 rings (SSSR count). The average Bonchev–Trinajstić information content (AvgIpc) is 2.60. The fourth-order valence-corrected chi connectivity index (χ4v) is 1.96. The van der Waals surface area contributed by atoms with Crippen LogP contribution in [0.4, 0.5) is 0 Å². The van der Waals surface area contributed by atoms with Crippen molar-refractivity contribution in [3.05, 3.63) is 47.5 Å². The maximum Gasteiger partial charge on any atom is 0.279 e. The molecule has 0 spiro atoms. The van der Waals surface area contributed by atoms with Gasteiger partial charge in [-0.3, -0.25) is 4.79 Å². The Bertz CT molecular complexity index is 661. The van der Waals surface area contributed by atoms with Crippen LogP contribution in [-0.4, -0.2) is 11.7 Å². The molecule has 3 heteroatoms. The number of rotatable bonds is 2. The van der Waals surface area contributed by atoms with Crippen LogP contribution in [0.3, 0.4) is 0 Å². The van der Waals surface area contributed by atoms with E-state index < -0.39 is 0 Å². The van der Waals surface area contributed by atoms with Gasteiger partial charge in [0, 0.05) is 10.9 Å². The molecule has 3 nitrogen and oxygen atoms in total. The third-order valence-corrected chi connectivity index (χ3v) is 3.63. The molecule has 0 atom stereocenters. The second-order valence-corrected chi connectivity index (χ2v) is 5.51. The summed E-state index contributed by atoms with van der Waals surface area (Å²) in [6, 6.07) is 11.4. The second kappa shape index (κ2) is 9.78. The van der Waals surface area contributed by atoms with Gasteiger partial charge in [0.1, 0.15) is 5.84 Å². The normalized spacial score (nSPS) is 11.8. The van der Waals surface area contributed by atoms with Gasteiger partial charge in [0.05, 0.1) is 5.56 Å². The lowest BCUT2D eigenvalue weighted by Crippen LogP contribution is -2.20. The van der Waals surface area contributed by atoms with Crippen LogP contribution in [-0.2, 0) is 0 Å². The summed E-state index contributed by atoms with van der Waals surface area (Å²) in [4.78, 5) is 15.4. The number of carbonyl (C=O) groups excluding carboxylic acids is 1. The zero-order chi connectivity index (χ0) is 17.2. The lowest BCUT2D eigenvalue weighted by atomic mass is 9.96. The van der Waals surface area contributed by atoms with E-state index in [0.717, 1.165) is 16.3 Å². The zero-order valence-corrected chi connectivity index (χ0v) is 14.7. The van der Waals surface area contributed by atoms with Gasteiger partial charge in [0.2, 0.25) is 0 Å². The van der Waals surface area contributed by atoms with E-state index in [4.69, 9.17) is 5.73 Å². The minimum Gasteiger partial charge on any atom is -0.383 e. The fourth-order valence-electron chi connectivity index (χ4n) is 1.96. The standard InChI is InChI=1S/C12H8N2O.2C4H10/c13-11-8-5-1-3-7-4-2-6-9(10(7)8)12(15)14-11;2*1-3-4-2/h1-6H,(H2,13,14,15);2*3-4H2,1-2H3. The molecule has 1 heterocycles. The number of amides is 1. The Balaban J connectivity index is 0.000000281. The van der Waals surface area contributed by atoms with Crippen LogP contribution in [0.1, 0.15) is 69.3 Å². The third-order valence-electron chi connectivity index (χ3n) is 3.63. The molecule has 124 valence electrons. The van der Waals surface area contributed by atoms with Gasteiger partial charge < -0.3 is 5.73 Å². The van der Waals surface area contributed by atoms with Crippen molar-refractivity contribution >= 4 is 22.5 Å². The highest BCUT2D eigenvalue weighted by molar-refractivity contribution is 6.24. The molecule has 0 fully saturated rings. The Hall–Kier alpha value is -2.16. The van der Waals surface area contributed by atoms with E-state index in [0.29, 0.717) is 11.4 Å². The quantitative estimate of drug-likeness (QED) is 0.816. The van der Waals surface area contributed by atoms with Crippen LogP contribution in [0.2, 0.25) is 0 Å². The molecule has 1 aliphatic heterocycles. The van der Waals surface area contributed by atoms with Crippen molar-refractivity contribution in [1.29, 1.82) is 0 Å². The van der Waals surface area contributed by atoms with Crippen molar-refractivity contribution in [2.45, 2.75) is 53.4 Å². The first-order valence-electron chi connectivity index (χ1n) is 8.51. The van der Waals surface area contributed by atoms with Crippen LogP contribution in [0.15, 0.2) is 41.4 Å². The lowest BCUT2D eigenvalue weighted by molar-refractivity contribution is 0.100. The van der Waals surface area contributed by atoms with E-state index in [1.165, 1.54) is 25.7 Å². The highest BCUT2D eigenvalue weighted by atomic mass is 16.1. The first-order valence-corrected chi connectivity index (χ1v) is 8.51. The summed E-state index contributed by atoms with van der Waals surface area (Å²) < 4.78 is 0. The number of amidine groups is 1. The lowest BCUT2D eigenvalue weighted by Gasteiger charge is -2.13. The van der Waals surface area contributed by atoms with Gasteiger partial charge in [-0.25, -0.2) is 0 Å². The molecular formula is C20H28N2O. The molecule has 0 saturated heterocycles. The molecule has 0 saturated carbocycles. The molecule has 0 aliphatic carbocycles. The van der Waals surface area contributed by atoms with E-state index in [1.54, 1.807) is 6.07 Å². The third kappa shape index (κ3) is 4.92. The highest BCUT2D eigenvalue weighted by Gasteiger charge is 2.19. The molecular weight excluding hydrogens is 284 g/mol. The molecule has 2 aromatic rings. The number of carbonyl (C=O) groups is 1. The molecule has 1 amide bonds. The minimum atomic E-state index is -0.253. The Morgan fingerprint density at radius 3 is 1.78 bits per heavy atom. The highest BCUT2D eigenvalue weighted by Crippen LogP contribution is 2.26. The largest absolute Gasteiger partial charge is 0.383 e. The monoisotopic (exact) mass is 312 g/mol. The smallest absolute Gasteiger partial charge is 0.279 e. The Morgan fingerprint density at radius 2 is 1.30 bits per heavy atom. The van der Waals surface area contributed by atoms with Gasteiger partial charge in [-0.05, 0) is 11.5 Å². The predicted octanol–water partition coefficient (Wildman–Crippen LogP) is 5.31. The average molecular weight is 312 g/mol. The van der Waals surface area contributed by atoms with Crippen LogP contribution < -0.4 is 5.73 Å². The van der Waals surface area contributed by atoms with Gasteiger partial charge in [-0.2, -0.15) is 4.99 Å². The Labute approximate surface area is 139 Å². The maximum absolute atomic E-state index is 11.6. The molecule has 2 N–H and O–H groups in total. The summed E-state index contributed by atoms with van der Waals surface area (Å²) in [5.74, 6) is 0.0566. The second-order valence-electron chi connectivity index (χ2n) is 5.51. The number of aliphatic imine (C=N–C) groups is 1. The number of hydrogen-bond acceptors (Lipinski definition) is 2. The summed E-state index contributed by atoms with van der Waals surface area (Å²) in [6.07, 6.45) is 5.28. The zero-order valence-electron chi connectivity index (χ0n) is 14.7. The van der Waals surface area contributed by atoms with Crippen molar-refractivity contribution < 1.29 is 4.79 Å². The summed E-state index contributed by atoms with van der Waals surface area (Å²) in [7, 11) is 0. The molecule has 0 unspecified atom stereocenters. The summed E-state index contributed by atoms with van der Waals surface area (Å²) in [6.45, 7) is 8.72. The molecule has 0 bridgehead atoms. The van der Waals surface area contributed by atoms with Crippen LogP contribution >= 0.6 is 0 Å². The summed E-state index contributed by atoms with van der Waals surface area (Å²) >= 11 is 0. The Kier molecular flexibility index (Phi) is 8.03. The first kappa shape index (κ1) is 18.9. The SMILES string of the molecule is CCCC.CCCC.NC1=NC(=O)c2cccc3cccc1c23. The number of hydrogen-bond donors (Lipinski definition) is 1. The number of benzene rings is 2. The predicted molar refractivity (Wildman–Crippen MR) is 100 cm³/mol. The first-order chi connectivity index (χ1) is 11.1. The van der Waals surface area contributed by atoms with Gasteiger partial charge in [0.25, 0.3) is 5.91 Å². The fraction of sp³-hybridized carbons (Fsp3) is 0.400. The number of unbranched alkanes of at least 4 members (excludes halogenated alkanes) is 2. The Morgan fingerprint density at radius 1 is 0.826 bits per heavy atom.